The van der Waals surface area contributed by atoms with E-state index in [2.05, 4.69) is 59.5 Å². The number of nitrogens with zero attached hydrogens (tertiary/aromatic N) is 9. The number of H-pyrrole nitrogens is 1. The van der Waals surface area contributed by atoms with Crippen LogP contribution < -0.4 is 21.3 Å². The summed E-state index contributed by atoms with van der Waals surface area (Å²) in [6.45, 7) is 7.04. The Morgan fingerprint density at radius 2 is 2.03 bits per heavy atom. The van der Waals surface area contributed by atoms with Gasteiger partial charge in [0, 0.05) is 62.5 Å². The minimum atomic E-state index is -0.355. The van der Waals surface area contributed by atoms with Crippen molar-refractivity contribution in [3.8, 4) is 11.4 Å². The van der Waals surface area contributed by atoms with E-state index in [4.69, 9.17) is 5.84 Å². The van der Waals surface area contributed by atoms with Gasteiger partial charge in [-0.15, -0.1) is 5.10 Å². The molecule has 38 heavy (non-hydrogen) atoms. The molecule has 4 heterocycles. The fraction of sp³-hybridized carbons (Fsp3) is 0.400. The minimum absolute atomic E-state index is 0.201. The van der Waals surface area contributed by atoms with Gasteiger partial charge in [-0.3, -0.25) is 15.1 Å². The Hall–Kier alpha value is -4.23. The zero-order valence-electron chi connectivity index (χ0n) is 22.3. The molecule has 200 valence electrons. The largest absolute Gasteiger partial charge is 0.858 e. The number of nitrogens with two attached hydrogens (primary N) is 1. The number of rotatable bonds is 5. The lowest BCUT2D eigenvalue weighted by molar-refractivity contribution is -0.213. The molecule has 13 nitrogen and oxygen atoms in total. The summed E-state index contributed by atoms with van der Waals surface area (Å²) in [5, 5.41) is 27.2. The van der Waals surface area contributed by atoms with Gasteiger partial charge in [0.1, 0.15) is 17.8 Å². The Bertz CT molecular complexity index is 1430. The maximum absolute atomic E-state index is 13.2. The number of fused-ring (bicyclic) bond motifs is 1. The SMILES string of the molecule is CN/N=C1\N(N)CC(C([O-])=Nc2ccc3[nH]nc(-c4cc(N5CCN(C)C(C)C5)ncn4)c3c2)=C(C)N1C. The first kappa shape index (κ1) is 25.4. The summed E-state index contributed by atoms with van der Waals surface area (Å²) >= 11 is 0. The topological polar surface area (TPSA) is 153 Å². The van der Waals surface area contributed by atoms with Crippen molar-refractivity contribution in [1.82, 2.24) is 40.4 Å². The first-order valence-electron chi connectivity index (χ1n) is 12.5. The van der Waals surface area contributed by atoms with Crippen LogP contribution in [0.25, 0.3) is 22.3 Å². The van der Waals surface area contributed by atoms with Crippen LogP contribution in [0.5, 0.6) is 0 Å². The lowest BCUT2D eigenvalue weighted by atomic mass is 10.1. The van der Waals surface area contributed by atoms with Crippen LogP contribution in [-0.4, -0.2) is 100 Å². The molecule has 2 aliphatic heterocycles. The molecule has 0 saturated carbocycles. The number of allylic oxidation sites excluding steroid dienone is 1. The van der Waals surface area contributed by atoms with Crippen molar-refractivity contribution in [1.29, 1.82) is 0 Å². The van der Waals surface area contributed by atoms with Gasteiger partial charge in [0.25, 0.3) is 0 Å². The lowest BCUT2D eigenvalue weighted by Crippen LogP contribution is -2.53. The van der Waals surface area contributed by atoms with Crippen molar-refractivity contribution in [2.75, 3.05) is 52.2 Å². The normalized spacial score (nSPS) is 20.7. The molecule has 0 radical (unpaired) electrons. The Kier molecular flexibility index (Phi) is 6.87. The van der Waals surface area contributed by atoms with E-state index in [1.807, 2.05) is 25.1 Å². The number of hydrazone groups is 1. The summed E-state index contributed by atoms with van der Waals surface area (Å²) in [6.07, 6.45) is 1.57. The third kappa shape index (κ3) is 4.73. The molecule has 3 aromatic rings. The van der Waals surface area contributed by atoms with Crippen molar-refractivity contribution in [2.45, 2.75) is 19.9 Å². The third-order valence-corrected chi connectivity index (χ3v) is 7.25. The molecule has 13 heteroatoms. The molecule has 1 atom stereocenters. The molecule has 1 saturated heterocycles. The first-order valence-corrected chi connectivity index (χ1v) is 12.5. The van der Waals surface area contributed by atoms with Crippen LogP contribution in [0.2, 0.25) is 0 Å². The molecule has 4 N–H and O–H groups in total. The Labute approximate surface area is 221 Å². The van der Waals surface area contributed by atoms with Crippen molar-refractivity contribution >= 4 is 34.3 Å². The van der Waals surface area contributed by atoms with Gasteiger partial charge in [0.2, 0.25) is 5.96 Å². The number of aromatic amines is 1. The second-order valence-electron chi connectivity index (χ2n) is 9.64. The Balaban J connectivity index is 1.46. The molecule has 2 aliphatic rings. The number of piperazine rings is 1. The van der Waals surface area contributed by atoms with E-state index >= 15 is 0 Å². The smallest absolute Gasteiger partial charge is 0.237 e. The van der Waals surface area contributed by atoms with Crippen LogP contribution in [0.15, 0.2) is 52.0 Å². The number of hydrogen-bond donors (Lipinski definition) is 3. The lowest BCUT2D eigenvalue weighted by Gasteiger charge is -2.38. The third-order valence-electron chi connectivity index (χ3n) is 7.25. The number of likely N-dealkylation sites (N-methyl/N-ethyl adjacent to an activating group) is 1. The van der Waals surface area contributed by atoms with Crippen LogP contribution in [-0.2, 0) is 0 Å². The number of hydrazine groups is 1. The quantitative estimate of drug-likeness (QED) is 0.188. The van der Waals surface area contributed by atoms with Crippen LogP contribution >= 0.6 is 0 Å². The molecule has 5 rings (SSSR count). The molecule has 1 unspecified atom stereocenters. The summed E-state index contributed by atoms with van der Waals surface area (Å²) in [6, 6.07) is 7.90. The van der Waals surface area contributed by atoms with E-state index in [0.29, 0.717) is 34.6 Å². The average Bonchev–Trinajstić information content (AvgIpc) is 3.33. The number of anilines is 1. The number of hydrogen-bond acceptors (Lipinski definition) is 10. The molecular formula is C25H33N12O-. The fourth-order valence-electron chi connectivity index (χ4n) is 4.72. The average molecular weight is 518 g/mol. The predicted octanol–water partition coefficient (Wildman–Crippen LogP) is 0.436. The standard InChI is InChI=1S/C25H34N12O/c1-15-12-36(9-8-34(15)4)22-11-21(28-14-29-22)23-18-10-17(6-7-20(18)31-32-23)30-24(38)19-13-37(26)25(33-27-3)35(5)16(19)2/h6-7,10-11,14-15,27H,8-9,12-13,26H2,1-5H3,(H,30,38)(H,31,32)/p-1/b33-25-. The molecule has 0 amide bonds. The summed E-state index contributed by atoms with van der Waals surface area (Å²) in [5.74, 6) is 7.16. The van der Waals surface area contributed by atoms with Crippen molar-refractivity contribution < 1.29 is 5.11 Å². The number of guanidine groups is 1. The summed E-state index contributed by atoms with van der Waals surface area (Å²) < 4.78 is 0. The highest BCUT2D eigenvalue weighted by Gasteiger charge is 2.25. The monoisotopic (exact) mass is 517 g/mol. The highest BCUT2D eigenvalue weighted by atomic mass is 16.3. The first-order chi connectivity index (χ1) is 18.3. The summed E-state index contributed by atoms with van der Waals surface area (Å²) in [4.78, 5) is 19.8. The zero-order chi connectivity index (χ0) is 27.0. The number of aromatic nitrogens is 4. The van der Waals surface area contributed by atoms with Gasteiger partial charge in [0.15, 0.2) is 0 Å². The Morgan fingerprint density at radius 3 is 2.79 bits per heavy atom. The molecule has 0 bridgehead atoms. The van der Waals surface area contributed by atoms with Crippen LogP contribution in [0.3, 0.4) is 0 Å². The molecule has 2 aromatic heterocycles. The molecular weight excluding hydrogens is 484 g/mol. The number of nitrogens with one attached hydrogen (secondary N) is 2. The number of aliphatic imine (C=N–C) groups is 1. The van der Waals surface area contributed by atoms with Gasteiger partial charge in [-0.2, -0.15) is 5.10 Å². The van der Waals surface area contributed by atoms with Crippen molar-refractivity contribution in [2.24, 2.45) is 15.9 Å². The minimum Gasteiger partial charge on any atom is -0.858 e. The number of benzene rings is 1. The summed E-state index contributed by atoms with van der Waals surface area (Å²) in [5.41, 5.74) is 6.72. The van der Waals surface area contributed by atoms with Gasteiger partial charge in [-0.05, 0) is 45.0 Å². The van der Waals surface area contributed by atoms with Gasteiger partial charge >= 0.3 is 0 Å². The van der Waals surface area contributed by atoms with Crippen LogP contribution in [0.4, 0.5) is 11.5 Å². The Morgan fingerprint density at radius 1 is 1.21 bits per heavy atom. The van der Waals surface area contributed by atoms with Gasteiger partial charge < -0.3 is 25.2 Å². The van der Waals surface area contributed by atoms with Gasteiger partial charge in [0.05, 0.1) is 23.4 Å². The van der Waals surface area contributed by atoms with E-state index in [1.165, 1.54) is 5.01 Å². The summed E-state index contributed by atoms with van der Waals surface area (Å²) in [7, 11) is 5.64. The second kappa shape index (κ2) is 10.3. The molecule has 1 fully saturated rings. The maximum atomic E-state index is 13.2. The molecule has 1 aromatic carbocycles. The van der Waals surface area contributed by atoms with E-state index in [0.717, 1.165) is 42.1 Å². The van der Waals surface area contributed by atoms with Crippen molar-refractivity contribution in [3.63, 3.8) is 0 Å². The molecule has 0 spiro atoms. The highest BCUT2D eigenvalue weighted by molar-refractivity contribution is 5.98. The van der Waals surface area contributed by atoms with Gasteiger partial charge in [-0.1, -0.05) is 0 Å². The maximum Gasteiger partial charge on any atom is 0.237 e. The zero-order valence-corrected chi connectivity index (χ0v) is 22.3. The van der Waals surface area contributed by atoms with E-state index in [-0.39, 0.29) is 12.4 Å². The van der Waals surface area contributed by atoms with E-state index < -0.39 is 0 Å². The van der Waals surface area contributed by atoms with E-state index in [1.54, 1.807) is 31.4 Å². The van der Waals surface area contributed by atoms with Crippen molar-refractivity contribution in [3.05, 3.63) is 41.9 Å². The predicted molar refractivity (Wildman–Crippen MR) is 146 cm³/mol. The van der Waals surface area contributed by atoms with Gasteiger partial charge in [-0.25, -0.2) is 15.8 Å². The van der Waals surface area contributed by atoms with Crippen LogP contribution in [0.1, 0.15) is 13.8 Å². The second-order valence-corrected chi connectivity index (χ2v) is 9.64. The highest BCUT2D eigenvalue weighted by Crippen LogP contribution is 2.30. The fourth-order valence-corrected chi connectivity index (χ4v) is 4.72. The van der Waals surface area contributed by atoms with Crippen LogP contribution in [0, 0.1) is 0 Å². The van der Waals surface area contributed by atoms with E-state index in [9.17, 15) is 5.11 Å². The molecule has 0 aliphatic carbocycles.